The maximum Gasteiger partial charge on any atom is 0.243 e. The molecule has 3 aromatic carbocycles. The number of sulfonamides is 1. The van der Waals surface area contributed by atoms with Crippen molar-refractivity contribution in [1.82, 2.24) is 10.2 Å². The number of benzene rings is 3. The summed E-state index contributed by atoms with van der Waals surface area (Å²) in [6, 6.07) is 21.3. The number of carbonyl (C=O) groups excluding carboxylic acids is 2. The highest BCUT2D eigenvalue weighted by molar-refractivity contribution is 9.10. The van der Waals surface area contributed by atoms with Gasteiger partial charge in [-0.05, 0) is 60.7 Å². The first-order valence-corrected chi connectivity index (χ1v) is 18.2. The fourth-order valence-electron chi connectivity index (χ4n) is 5.54. The van der Waals surface area contributed by atoms with Crippen molar-refractivity contribution in [2.75, 3.05) is 17.1 Å². The van der Waals surface area contributed by atoms with Gasteiger partial charge in [0, 0.05) is 41.5 Å². The second kappa shape index (κ2) is 16.1. The van der Waals surface area contributed by atoms with Gasteiger partial charge in [-0.1, -0.05) is 101 Å². The Labute approximate surface area is 279 Å². The Morgan fingerprint density at radius 2 is 1.64 bits per heavy atom. The Morgan fingerprint density at radius 1 is 0.955 bits per heavy atom. The molecule has 236 valence electrons. The molecule has 4 rings (SSSR count). The van der Waals surface area contributed by atoms with Crippen molar-refractivity contribution in [3.63, 3.8) is 0 Å². The average molecular weight is 724 g/mol. The van der Waals surface area contributed by atoms with Crippen LogP contribution in [0, 0.1) is 0 Å². The van der Waals surface area contributed by atoms with Crippen LogP contribution < -0.4 is 9.62 Å². The van der Waals surface area contributed by atoms with Gasteiger partial charge in [0.1, 0.15) is 6.04 Å². The lowest BCUT2D eigenvalue weighted by atomic mass is 9.94. The van der Waals surface area contributed by atoms with Gasteiger partial charge >= 0.3 is 0 Å². The van der Waals surface area contributed by atoms with E-state index < -0.39 is 16.1 Å². The predicted octanol–water partition coefficient (Wildman–Crippen LogP) is 7.39. The van der Waals surface area contributed by atoms with Crippen molar-refractivity contribution < 1.29 is 18.0 Å². The van der Waals surface area contributed by atoms with E-state index in [1.54, 1.807) is 17.0 Å². The van der Waals surface area contributed by atoms with E-state index in [0.717, 1.165) is 47.5 Å². The zero-order valence-corrected chi connectivity index (χ0v) is 28.6. The highest BCUT2D eigenvalue weighted by Crippen LogP contribution is 2.31. The van der Waals surface area contributed by atoms with E-state index in [4.69, 9.17) is 23.2 Å². The lowest BCUT2D eigenvalue weighted by Gasteiger charge is -2.34. The lowest BCUT2D eigenvalue weighted by molar-refractivity contribution is -0.141. The molecular weight excluding hydrogens is 685 g/mol. The van der Waals surface area contributed by atoms with Gasteiger partial charge in [0.15, 0.2) is 0 Å². The van der Waals surface area contributed by atoms with Crippen molar-refractivity contribution in [2.24, 2.45) is 0 Å². The number of amides is 2. The molecule has 0 heterocycles. The van der Waals surface area contributed by atoms with Crippen LogP contribution in [-0.4, -0.2) is 50.0 Å². The Kier molecular flexibility index (Phi) is 12.6. The van der Waals surface area contributed by atoms with E-state index in [2.05, 4.69) is 21.2 Å². The number of hydrogen-bond acceptors (Lipinski definition) is 4. The molecule has 0 aliphatic heterocycles. The Bertz CT molecular complexity index is 1520. The minimum Gasteiger partial charge on any atom is -0.352 e. The maximum absolute atomic E-state index is 14.1. The third kappa shape index (κ3) is 9.96. The van der Waals surface area contributed by atoms with Gasteiger partial charge in [0.2, 0.25) is 21.8 Å². The molecule has 7 nitrogen and oxygen atoms in total. The number of anilines is 1. The fraction of sp³-hybridized carbons (Fsp3) is 0.394. The Balaban J connectivity index is 1.60. The van der Waals surface area contributed by atoms with Crippen molar-refractivity contribution >= 4 is 66.7 Å². The van der Waals surface area contributed by atoms with Crippen LogP contribution in [-0.2, 0) is 32.6 Å². The van der Waals surface area contributed by atoms with Crippen molar-refractivity contribution in [1.29, 1.82) is 0 Å². The molecule has 3 aromatic rings. The van der Waals surface area contributed by atoms with E-state index in [9.17, 15) is 18.0 Å². The van der Waals surface area contributed by atoms with E-state index in [1.165, 1.54) is 16.8 Å². The summed E-state index contributed by atoms with van der Waals surface area (Å²) in [6.45, 7) is 0.256. The van der Waals surface area contributed by atoms with Crippen LogP contribution in [0.4, 0.5) is 5.69 Å². The number of halogens is 3. The highest BCUT2D eigenvalue weighted by atomic mass is 79.9. The fourth-order valence-corrected chi connectivity index (χ4v) is 7.21. The number of rotatable bonds is 13. The van der Waals surface area contributed by atoms with Crippen LogP contribution in [0.25, 0.3) is 0 Å². The molecule has 1 atom stereocenters. The van der Waals surface area contributed by atoms with Crippen LogP contribution in [0.5, 0.6) is 0 Å². The topological polar surface area (TPSA) is 86.8 Å². The quantitative estimate of drug-likeness (QED) is 0.199. The summed E-state index contributed by atoms with van der Waals surface area (Å²) >= 11 is 15.9. The summed E-state index contributed by atoms with van der Waals surface area (Å²) in [6.07, 6.45) is 6.87. The highest BCUT2D eigenvalue weighted by Gasteiger charge is 2.32. The molecule has 1 aliphatic rings. The third-order valence-corrected chi connectivity index (χ3v) is 10.1. The molecule has 1 saturated carbocycles. The van der Waals surface area contributed by atoms with Crippen LogP contribution in [0.1, 0.15) is 56.1 Å². The number of carbonyl (C=O) groups is 2. The normalized spacial score (nSPS) is 14.5. The van der Waals surface area contributed by atoms with E-state index in [1.807, 2.05) is 54.6 Å². The van der Waals surface area contributed by atoms with E-state index >= 15 is 0 Å². The molecule has 11 heteroatoms. The third-order valence-electron chi connectivity index (χ3n) is 7.82. The molecule has 1 N–H and O–H groups in total. The zero-order valence-electron chi connectivity index (χ0n) is 24.7. The second-order valence-corrected chi connectivity index (χ2v) is 14.9. The first-order chi connectivity index (χ1) is 21.0. The van der Waals surface area contributed by atoms with Gasteiger partial charge in [-0.25, -0.2) is 8.42 Å². The van der Waals surface area contributed by atoms with E-state index in [-0.39, 0.29) is 54.5 Å². The summed E-state index contributed by atoms with van der Waals surface area (Å²) in [5, 5.41) is 3.83. The standard InChI is InChI=1S/C33H38BrCl2N3O4S/c1-44(42,43)39(30-22-27(35)18-19-29(30)36)20-8-13-32(40)38(23-25-14-16-26(34)17-15-25)31(21-24-9-4-2-5-10-24)33(41)37-28-11-6-3-7-12-28/h2,4-5,9-10,14-19,22,28,31H,3,6-8,11-13,20-21,23H2,1H3,(H,37,41)/t31-/m0/s1. The summed E-state index contributed by atoms with van der Waals surface area (Å²) in [5.41, 5.74) is 2.09. The van der Waals surface area contributed by atoms with Crippen LogP contribution in [0.3, 0.4) is 0 Å². The van der Waals surface area contributed by atoms with Gasteiger partial charge < -0.3 is 10.2 Å². The summed E-state index contributed by atoms with van der Waals surface area (Å²) < 4.78 is 27.6. The monoisotopic (exact) mass is 721 g/mol. The molecule has 0 spiro atoms. The maximum atomic E-state index is 14.1. The number of nitrogens with zero attached hydrogens (tertiary/aromatic N) is 2. The molecule has 1 aliphatic carbocycles. The molecule has 0 saturated heterocycles. The first kappa shape index (κ1) is 34.3. The average Bonchev–Trinajstić information content (AvgIpc) is 2.99. The molecule has 0 bridgehead atoms. The van der Waals surface area contributed by atoms with Crippen LogP contribution in [0.15, 0.2) is 77.3 Å². The zero-order chi connectivity index (χ0) is 31.7. The van der Waals surface area contributed by atoms with Gasteiger partial charge in [-0.2, -0.15) is 0 Å². The molecule has 1 fully saturated rings. The van der Waals surface area contributed by atoms with Crippen molar-refractivity contribution in [3.05, 3.63) is 98.4 Å². The van der Waals surface area contributed by atoms with Crippen LogP contribution >= 0.6 is 39.1 Å². The van der Waals surface area contributed by atoms with Gasteiger partial charge in [0.05, 0.1) is 17.0 Å². The molecule has 0 aromatic heterocycles. The minimum absolute atomic E-state index is 0.0222. The Morgan fingerprint density at radius 3 is 2.30 bits per heavy atom. The second-order valence-electron chi connectivity index (χ2n) is 11.2. The molecule has 0 unspecified atom stereocenters. The smallest absolute Gasteiger partial charge is 0.243 e. The van der Waals surface area contributed by atoms with Crippen molar-refractivity contribution in [2.45, 2.75) is 70.0 Å². The molecule has 0 radical (unpaired) electrons. The van der Waals surface area contributed by atoms with Gasteiger partial charge in [0.25, 0.3) is 0 Å². The predicted molar refractivity (Wildman–Crippen MR) is 182 cm³/mol. The van der Waals surface area contributed by atoms with Gasteiger partial charge in [-0.15, -0.1) is 0 Å². The summed E-state index contributed by atoms with van der Waals surface area (Å²) in [7, 11) is -3.72. The summed E-state index contributed by atoms with van der Waals surface area (Å²) in [5.74, 6) is -0.409. The molecule has 2 amide bonds. The molecule has 44 heavy (non-hydrogen) atoms. The van der Waals surface area contributed by atoms with Crippen LogP contribution in [0.2, 0.25) is 10.0 Å². The minimum atomic E-state index is -3.72. The molecular formula is C33H38BrCl2N3O4S. The first-order valence-electron chi connectivity index (χ1n) is 14.8. The lowest BCUT2D eigenvalue weighted by Crippen LogP contribution is -2.52. The Hall–Kier alpha value is -2.59. The van der Waals surface area contributed by atoms with Gasteiger partial charge in [-0.3, -0.25) is 13.9 Å². The van der Waals surface area contributed by atoms with E-state index in [0.29, 0.717) is 11.4 Å². The summed E-state index contributed by atoms with van der Waals surface area (Å²) in [4.78, 5) is 29.6. The SMILES string of the molecule is CS(=O)(=O)N(CCCC(=O)N(Cc1ccc(Br)cc1)[C@@H](Cc1ccccc1)C(=O)NC1CCCCC1)c1cc(Cl)ccc1Cl. The number of hydrogen-bond donors (Lipinski definition) is 1. The number of nitrogens with one attached hydrogen (secondary N) is 1. The largest absolute Gasteiger partial charge is 0.352 e. The van der Waals surface area contributed by atoms with Crippen molar-refractivity contribution in [3.8, 4) is 0 Å².